The van der Waals surface area contributed by atoms with Gasteiger partial charge in [0, 0.05) is 0 Å². The van der Waals surface area contributed by atoms with Crippen molar-refractivity contribution in [3.05, 3.63) is 16.7 Å². The molecule has 150 valence electrons. The van der Waals surface area contributed by atoms with Crippen LogP contribution in [0.1, 0.15) is 6.23 Å². The van der Waals surface area contributed by atoms with Gasteiger partial charge in [0.1, 0.15) is 12.2 Å². The molecule has 6 N–H and O–H groups in total. The molecule has 17 heteroatoms. The van der Waals surface area contributed by atoms with E-state index in [4.69, 9.17) is 24.8 Å². The number of halogens is 1. The normalized spacial score (nSPS) is 27.3. The van der Waals surface area contributed by atoms with Gasteiger partial charge in [0.05, 0.1) is 12.9 Å². The minimum Gasteiger partial charge on any atom is -0.385 e. The molecule has 1 aliphatic rings. The number of H-pyrrole nitrogens is 1. The van der Waals surface area contributed by atoms with Crippen molar-refractivity contribution in [2.45, 2.75) is 24.6 Å². The number of nitrogens with zero attached hydrogens (tertiary/aromatic N) is 3. The van der Waals surface area contributed by atoms with Crippen LogP contribution in [0.2, 0.25) is 0 Å². The van der Waals surface area contributed by atoms with Crippen LogP contribution < -0.4 is 11.3 Å². The molecule has 3 unspecified atom stereocenters. The lowest BCUT2D eigenvalue weighted by molar-refractivity contribution is -0.0457. The molecule has 1 aliphatic heterocycles. The number of nitrogen functional groups attached to an aromatic ring is 1. The molecule has 1 saturated heterocycles. The molecular weight excluding hydrogens is 431 g/mol. The minimum absolute atomic E-state index is 0.0214. The molecule has 2 aromatic rings. The third-order valence-electron chi connectivity index (χ3n) is 3.57. The Morgan fingerprint density at radius 1 is 1.56 bits per heavy atom. The summed E-state index contributed by atoms with van der Waals surface area (Å²) in [5, 5.41) is 10.1. The zero-order chi connectivity index (χ0) is 19.9. The van der Waals surface area contributed by atoms with Crippen LogP contribution in [-0.2, 0) is 29.9 Å². The summed E-state index contributed by atoms with van der Waals surface area (Å²) in [4.78, 5) is 39.1. The summed E-state index contributed by atoms with van der Waals surface area (Å²) in [7, 11) is -7.62. The predicted octanol–water partition coefficient (Wildman–Crippen LogP) is -1.07. The molecule has 0 aromatic carbocycles. The maximum absolute atomic E-state index is 14.4. The molecule has 0 amide bonds. The number of ether oxygens (including phenoxy) is 1. The molecule has 3 heterocycles. The van der Waals surface area contributed by atoms with Gasteiger partial charge in [-0.15, -0.1) is 0 Å². The van der Waals surface area contributed by atoms with Crippen LogP contribution in [0.4, 0.5) is 10.3 Å². The highest BCUT2D eigenvalue weighted by Gasteiger charge is 2.46. The number of rotatable bonds is 6. The van der Waals surface area contributed by atoms with Crippen LogP contribution in [-0.4, -0.2) is 59.4 Å². The summed E-state index contributed by atoms with van der Waals surface area (Å²) in [6.45, 7) is -0.519. The van der Waals surface area contributed by atoms with E-state index in [0.717, 1.165) is 10.9 Å². The molecule has 5 atom stereocenters. The van der Waals surface area contributed by atoms with E-state index in [9.17, 15) is 18.9 Å². The van der Waals surface area contributed by atoms with Gasteiger partial charge in [-0.25, -0.2) is 18.3 Å². The fourth-order valence-electron chi connectivity index (χ4n) is 2.48. The number of phosphoric acid groups is 1. The van der Waals surface area contributed by atoms with E-state index in [1.54, 1.807) is 0 Å². The zero-order valence-corrected chi connectivity index (χ0v) is 15.8. The second kappa shape index (κ2) is 7.62. The first kappa shape index (κ1) is 20.5. The van der Waals surface area contributed by atoms with Gasteiger partial charge in [-0.2, -0.15) is 4.98 Å². The summed E-state index contributed by atoms with van der Waals surface area (Å²) >= 11 is 4.64. The second-order valence-electron chi connectivity index (χ2n) is 5.42. The number of fused-ring (bicyclic) bond motifs is 1. The third-order valence-corrected chi connectivity index (χ3v) is 6.55. The van der Waals surface area contributed by atoms with E-state index in [0.29, 0.717) is 0 Å². The zero-order valence-electron chi connectivity index (χ0n) is 13.1. The standard InChI is InChI=1S/C10H14FN5O8P2S/c11-4-3(1-22-25(27)24-26(19,20)21)23-9(6(4)17)16-2-13-5-7(16)14-10(12)15-8(5)18/h2-4,6,9,17,25H,1H2,(H2,19,20,21)(H3,12,14,15,18)/t3-,4?,6?,9-/m1/s1. The molecule has 1 fully saturated rings. The average molecular weight is 445 g/mol. The first-order valence-corrected chi connectivity index (χ1v) is 11.2. The largest absolute Gasteiger partial charge is 0.475 e. The Morgan fingerprint density at radius 3 is 2.93 bits per heavy atom. The first-order valence-electron chi connectivity index (χ1n) is 7.18. The summed E-state index contributed by atoms with van der Waals surface area (Å²) in [6, 6.07) is 0. The highest BCUT2D eigenvalue weighted by atomic mass is 32.4. The van der Waals surface area contributed by atoms with Gasteiger partial charge in [0.25, 0.3) is 5.56 Å². The van der Waals surface area contributed by atoms with Crippen molar-refractivity contribution in [3.8, 4) is 0 Å². The Balaban J connectivity index is 1.77. The summed E-state index contributed by atoms with van der Waals surface area (Å²) in [5.74, 6) is -0.202. The molecule has 0 bridgehead atoms. The summed E-state index contributed by atoms with van der Waals surface area (Å²) < 4.78 is 40.7. The SMILES string of the molecule is Nc1nc2c(ncn2[C@@H]2O[C@H](CO[PH](=S)OP(=O)(O)O)C(F)C2O)c(=O)[nH]1. The van der Waals surface area contributed by atoms with E-state index in [-0.39, 0.29) is 17.1 Å². The van der Waals surface area contributed by atoms with E-state index < -0.39 is 51.7 Å². The number of hydrogen-bond donors (Lipinski definition) is 5. The number of aliphatic hydroxyl groups is 1. The van der Waals surface area contributed by atoms with Crippen LogP contribution in [0.3, 0.4) is 0 Å². The van der Waals surface area contributed by atoms with Gasteiger partial charge in [0.2, 0.25) is 5.95 Å². The monoisotopic (exact) mass is 445 g/mol. The van der Waals surface area contributed by atoms with Crippen molar-refractivity contribution in [2.24, 2.45) is 0 Å². The fraction of sp³-hybridized carbons (Fsp3) is 0.500. The number of nitrogens with two attached hydrogens (primary N) is 1. The van der Waals surface area contributed by atoms with Gasteiger partial charge in [-0.1, -0.05) is 0 Å². The number of aromatic amines is 1. The lowest BCUT2D eigenvalue weighted by Crippen LogP contribution is -2.29. The molecule has 0 aliphatic carbocycles. The Kier molecular flexibility index (Phi) is 5.77. The molecule has 13 nitrogen and oxygen atoms in total. The highest BCUT2D eigenvalue weighted by Crippen LogP contribution is 2.48. The third kappa shape index (κ3) is 4.42. The van der Waals surface area contributed by atoms with Crippen molar-refractivity contribution < 1.29 is 37.4 Å². The lowest BCUT2D eigenvalue weighted by Gasteiger charge is -2.16. The van der Waals surface area contributed by atoms with Crippen LogP contribution >= 0.6 is 15.0 Å². The first-order chi connectivity index (χ1) is 12.6. The van der Waals surface area contributed by atoms with E-state index >= 15 is 0 Å². The van der Waals surface area contributed by atoms with Gasteiger partial charge in [-0.3, -0.25) is 14.3 Å². The van der Waals surface area contributed by atoms with E-state index in [1.165, 1.54) is 0 Å². The second-order valence-corrected chi connectivity index (χ2v) is 8.92. The number of aliphatic hydroxyl groups excluding tert-OH is 1. The molecule has 0 spiro atoms. The molecule has 0 radical (unpaired) electrons. The number of anilines is 1. The van der Waals surface area contributed by atoms with Crippen LogP contribution in [0.25, 0.3) is 11.2 Å². The van der Waals surface area contributed by atoms with Crippen molar-refractivity contribution >= 4 is 43.9 Å². The van der Waals surface area contributed by atoms with Gasteiger partial charge < -0.3 is 29.9 Å². The molecule has 2 aromatic heterocycles. The summed E-state index contributed by atoms with van der Waals surface area (Å²) in [5.41, 5.74) is 4.76. The predicted molar refractivity (Wildman–Crippen MR) is 92.1 cm³/mol. The maximum atomic E-state index is 14.4. The smallest absolute Gasteiger partial charge is 0.385 e. The number of nitrogens with one attached hydrogen (secondary N) is 1. The summed E-state index contributed by atoms with van der Waals surface area (Å²) in [6.07, 6.45) is -5.07. The Labute approximate surface area is 155 Å². The fourth-order valence-corrected chi connectivity index (χ4v) is 4.84. The minimum atomic E-state index is -4.83. The number of hydrogen-bond acceptors (Lipinski definition) is 10. The van der Waals surface area contributed by atoms with Crippen molar-refractivity contribution in [2.75, 3.05) is 12.3 Å². The van der Waals surface area contributed by atoms with Crippen molar-refractivity contribution in [1.29, 1.82) is 0 Å². The Morgan fingerprint density at radius 2 is 2.26 bits per heavy atom. The van der Waals surface area contributed by atoms with Gasteiger partial charge in [-0.05, 0) is 11.8 Å². The van der Waals surface area contributed by atoms with E-state index in [1.807, 2.05) is 0 Å². The van der Waals surface area contributed by atoms with Crippen molar-refractivity contribution in [3.63, 3.8) is 0 Å². The molecule has 3 rings (SSSR count). The molecule has 27 heavy (non-hydrogen) atoms. The molecule has 0 saturated carbocycles. The van der Waals surface area contributed by atoms with Crippen LogP contribution in [0.5, 0.6) is 0 Å². The number of imidazole rings is 1. The Hall–Kier alpha value is -1.28. The lowest BCUT2D eigenvalue weighted by atomic mass is 10.1. The van der Waals surface area contributed by atoms with Crippen molar-refractivity contribution in [1.82, 2.24) is 19.5 Å². The quantitative estimate of drug-likeness (QED) is 0.338. The van der Waals surface area contributed by atoms with Gasteiger partial charge in [0.15, 0.2) is 30.7 Å². The van der Waals surface area contributed by atoms with Crippen LogP contribution in [0.15, 0.2) is 11.1 Å². The number of alkyl halides is 1. The van der Waals surface area contributed by atoms with Gasteiger partial charge >= 0.3 is 7.82 Å². The number of aromatic nitrogens is 4. The topological polar surface area (TPSA) is 195 Å². The average Bonchev–Trinajstić information content (AvgIpc) is 3.07. The Bertz CT molecular complexity index is 980. The molecular formula is C10H14FN5O8P2S. The highest BCUT2D eigenvalue weighted by molar-refractivity contribution is 8.02. The van der Waals surface area contributed by atoms with Crippen LogP contribution in [0, 0.1) is 0 Å². The van der Waals surface area contributed by atoms with E-state index in [2.05, 4.69) is 31.1 Å². The maximum Gasteiger partial charge on any atom is 0.475 e.